The fourth-order valence-corrected chi connectivity index (χ4v) is 2.27. The Balaban J connectivity index is 2.54. The van der Waals surface area contributed by atoms with E-state index in [9.17, 15) is 4.79 Å². The van der Waals surface area contributed by atoms with Crippen LogP contribution in [-0.2, 0) is 12.8 Å². The second-order valence-corrected chi connectivity index (χ2v) is 4.01. The zero-order valence-corrected chi connectivity index (χ0v) is 8.60. The molecule has 74 valence electrons. The highest BCUT2D eigenvalue weighted by Crippen LogP contribution is 2.29. The van der Waals surface area contributed by atoms with Crippen LogP contribution in [0.3, 0.4) is 0 Å². The highest BCUT2D eigenvalue weighted by atomic mass is 35.5. The maximum Gasteiger partial charge on any atom is 0.176 e. The van der Waals surface area contributed by atoms with Crippen LogP contribution >= 0.6 is 11.6 Å². The maximum atomic E-state index is 11.5. The van der Waals surface area contributed by atoms with Gasteiger partial charge in [-0.05, 0) is 42.5 Å². The number of benzene rings is 1. The fourth-order valence-electron chi connectivity index (χ4n) is 2.03. The number of aryl methyl sites for hydroxylation is 1. The number of nitrogens with two attached hydrogens (primary N) is 1. The van der Waals surface area contributed by atoms with Gasteiger partial charge in [0.1, 0.15) is 0 Å². The summed E-state index contributed by atoms with van der Waals surface area (Å²) in [6, 6.07) is 3.69. The van der Waals surface area contributed by atoms with E-state index in [1.165, 1.54) is 5.56 Å². The lowest BCUT2D eigenvalue weighted by Gasteiger charge is -2.07. The quantitative estimate of drug-likeness (QED) is 0.757. The van der Waals surface area contributed by atoms with E-state index in [1.807, 2.05) is 6.07 Å². The Labute approximate surface area is 88.1 Å². The van der Waals surface area contributed by atoms with E-state index < -0.39 is 0 Å². The molecule has 0 saturated heterocycles. The summed E-state index contributed by atoms with van der Waals surface area (Å²) in [6.07, 6.45) is 3.12. The summed E-state index contributed by atoms with van der Waals surface area (Å²) in [4.78, 5) is 11.5. The van der Waals surface area contributed by atoms with Crippen LogP contribution in [0.25, 0.3) is 0 Å². The normalized spacial score (nSPS) is 14.1. The topological polar surface area (TPSA) is 43.1 Å². The molecule has 1 aliphatic rings. The minimum Gasteiger partial charge on any atom is -0.324 e. The van der Waals surface area contributed by atoms with Crippen molar-refractivity contribution < 1.29 is 4.79 Å². The van der Waals surface area contributed by atoms with Gasteiger partial charge < -0.3 is 5.73 Å². The van der Waals surface area contributed by atoms with Crippen molar-refractivity contribution in [2.75, 3.05) is 6.54 Å². The smallest absolute Gasteiger partial charge is 0.176 e. The zero-order chi connectivity index (χ0) is 10.1. The van der Waals surface area contributed by atoms with E-state index in [0.29, 0.717) is 5.02 Å². The summed E-state index contributed by atoms with van der Waals surface area (Å²) in [7, 11) is 0. The van der Waals surface area contributed by atoms with Crippen molar-refractivity contribution in [3.63, 3.8) is 0 Å². The van der Waals surface area contributed by atoms with Crippen molar-refractivity contribution in [2.24, 2.45) is 5.73 Å². The number of carbonyl (C=O) groups is 1. The van der Waals surface area contributed by atoms with Gasteiger partial charge in [0.2, 0.25) is 0 Å². The van der Waals surface area contributed by atoms with Crippen LogP contribution in [0.15, 0.2) is 12.1 Å². The summed E-state index contributed by atoms with van der Waals surface area (Å²) in [5.74, 6) is -0.00866. The molecule has 1 aliphatic carbocycles. The molecule has 1 aromatic rings. The van der Waals surface area contributed by atoms with Crippen LogP contribution in [0.1, 0.15) is 27.9 Å². The number of ketones is 1. The van der Waals surface area contributed by atoms with Gasteiger partial charge in [-0.2, -0.15) is 0 Å². The molecule has 14 heavy (non-hydrogen) atoms. The van der Waals surface area contributed by atoms with Gasteiger partial charge >= 0.3 is 0 Å². The first-order valence-electron chi connectivity index (χ1n) is 4.77. The van der Waals surface area contributed by atoms with E-state index >= 15 is 0 Å². The molecule has 0 spiro atoms. The van der Waals surface area contributed by atoms with Crippen molar-refractivity contribution >= 4 is 17.4 Å². The van der Waals surface area contributed by atoms with Gasteiger partial charge in [0.15, 0.2) is 5.78 Å². The molecule has 0 atom stereocenters. The average Bonchev–Trinajstić information content (AvgIpc) is 2.62. The Hall–Kier alpha value is -0.860. The van der Waals surface area contributed by atoms with Crippen molar-refractivity contribution in [3.05, 3.63) is 33.8 Å². The van der Waals surface area contributed by atoms with Crippen LogP contribution in [0.2, 0.25) is 5.02 Å². The molecule has 3 heteroatoms. The lowest BCUT2D eigenvalue weighted by Crippen LogP contribution is -2.15. The zero-order valence-electron chi connectivity index (χ0n) is 7.85. The molecule has 1 aromatic carbocycles. The fraction of sp³-hybridized carbons (Fsp3) is 0.364. The van der Waals surface area contributed by atoms with Crippen LogP contribution in [0.4, 0.5) is 0 Å². The highest BCUT2D eigenvalue weighted by Gasteiger charge is 2.19. The number of Topliss-reactive ketones (excluding diaryl/α,β-unsaturated/α-hetero) is 1. The Bertz CT molecular complexity index is 387. The summed E-state index contributed by atoms with van der Waals surface area (Å²) in [5, 5.41) is 0.641. The summed E-state index contributed by atoms with van der Waals surface area (Å²) < 4.78 is 0. The standard InChI is InChI=1S/C11H12ClNO/c12-8-4-7-2-1-3-9(7)10(5-8)11(14)6-13/h4-5H,1-3,6,13H2. The molecular weight excluding hydrogens is 198 g/mol. The molecule has 2 rings (SSSR count). The molecule has 0 amide bonds. The van der Waals surface area contributed by atoms with Crippen LogP contribution in [0.5, 0.6) is 0 Å². The molecule has 0 unspecified atom stereocenters. The first-order chi connectivity index (χ1) is 6.72. The van der Waals surface area contributed by atoms with Gasteiger partial charge in [0.25, 0.3) is 0 Å². The maximum absolute atomic E-state index is 11.5. The van der Waals surface area contributed by atoms with E-state index in [1.54, 1.807) is 6.07 Å². The molecule has 0 aromatic heterocycles. The first kappa shape index (κ1) is 9.69. The van der Waals surface area contributed by atoms with Gasteiger partial charge in [-0.1, -0.05) is 11.6 Å². The summed E-state index contributed by atoms with van der Waals surface area (Å²) >= 11 is 5.94. The number of halogens is 1. The largest absolute Gasteiger partial charge is 0.324 e. The molecule has 0 fully saturated rings. The molecular formula is C11H12ClNO. The Morgan fingerprint density at radius 2 is 2.21 bits per heavy atom. The monoisotopic (exact) mass is 209 g/mol. The molecule has 0 bridgehead atoms. The Morgan fingerprint density at radius 3 is 2.93 bits per heavy atom. The number of rotatable bonds is 2. The summed E-state index contributed by atoms with van der Waals surface area (Å²) in [5.41, 5.74) is 8.46. The molecule has 0 heterocycles. The van der Waals surface area contributed by atoms with Gasteiger partial charge in [0.05, 0.1) is 6.54 Å². The molecule has 0 radical (unpaired) electrons. The van der Waals surface area contributed by atoms with E-state index in [0.717, 1.165) is 30.4 Å². The van der Waals surface area contributed by atoms with Gasteiger partial charge in [0, 0.05) is 10.6 Å². The predicted molar refractivity (Wildman–Crippen MR) is 56.9 cm³/mol. The highest BCUT2D eigenvalue weighted by molar-refractivity contribution is 6.31. The molecule has 2 N–H and O–H groups in total. The average molecular weight is 210 g/mol. The lowest BCUT2D eigenvalue weighted by atomic mass is 10.00. The minimum atomic E-state index is -0.00866. The number of fused-ring (bicyclic) bond motifs is 1. The van der Waals surface area contributed by atoms with E-state index in [4.69, 9.17) is 17.3 Å². The van der Waals surface area contributed by atoms with Crippen molar-refractivity contribution in [3.8, 4) is 0 Å². The summed E-state index contributed by atoms with van der Waals surface area (Å²) in [6.45, 7) is 0.0623. The Kier molecular flexibility index (Phi) is 2.57. The third-order valence-corrected chi connectivity index (χ3v) is 2.88. The number of carbonyl (C=O) groups excluding carboxylic acids is 1. The van der Waals surface area contributed by atoms with E-state index in [-0.39, 0.29) is 12.3 Å². The van der Waals surface area contributed by atoms with Crippen LogP contribution in [-0.4, -0.2) is 12.3 Å². The SMILES string of the molecule is NCC(=O)c1cc(Cl)cc2c1CCC2. The minimum absolute atomic E-state index is 0.00866. The molecule has 0 saturated carbocycles. The van der Waals surface area contributed by atoms with Crippen LogP contribution in [0, 0.1) is 0 Å². The van der Waals surface area contributed by atoms with Gasteiger partial charge in [-0.3, -0.25) is 4.79 Å². The Morgan fingerprint density at radius 1 is 1.43 bits per heavy atom. The van der Waals surface area contributed by atoms with Crippen LogP contribution < -0.4 is 5.73 Å². The number of hydrogen-bond acceptors (Lipinski definition) is 2. The predicted octanol–water partition coefficient (Wildman–Crippen LogP) is 1.97. The van der Waals surface area contributed by atoms with Gasteiger partial charge in [-0.15, -0.1) is 0 Å². The molecule has 2 nitrogen and oxygen atoms in total. The van der Waals surface area contributed by atoms with Crippen molar-refractivity contribution in [1.82, 2.24) is 0 Å². The lowest BCUT2D eigenvalue weighted by molar-refractivity contribution is 0.100. The van der Waals surface area contributed by atoms with E-state index in [2.05, 4.69) is 0 Å². The second-order valence-electron chi connectivity index (χ2n) is 3.57. The van der Waals surface area contributed by atoms with Gasteiger partial charge in [-0.25, -0.2) is 0 Å². The number of hydrogen-bond donors (Lipinski definition) is 1. The third-order valence-electron chi connectivity index (χ3n) is 2.67. The van der Waals surface area contributed by atoms with Crippen molar-refractivity contribution in [2.45, 2.75) is 19.3 Å². The second kappa shape index (κ2) is 3.71. The third kappa shape index (κ3) is 1.56. The first-order valence-corrected chi connectivity index (χ1v) is 5.14. The molecule has 0 aliphatic heterocycles. The van der Waals surface area contributed by atoms with Crippen molar-refractivity contribution in [1.29, 1.82) is 0 Å².